The molecule has 6 rings (SSSR count). The average molecular weight is 554 g/mol. The second kappa shape index (κ2) is 10.5. The van der Waals surface area contributed by atoms with Gasteiger partial charge >= 0.3 is 6.18 Å². The topological polar surface area (TPSA) is 74.9 Å². The Morgan fingerprint density at radius 1 is 1.07 bits per heavy atom. The number of halogens is 4. The first-order valence-electron chi connectivity index (χ1n) is 13.0. The maximum atomic E-state index is 14.2. The van der Waals surface area contributed by atoms with Gasteiger partial charge in [-0.15, -0.1) is 0 Å². The number of nitrogens with zero attached hydrogens (tertiary/aromatic N) is 3. The van der Waals surface area contributed by atoms with Crippen molar-refractivity contribution in [3.8, 4) is 22.6 Å². The van der Waals surface area contributed by atoms with E-state index >= 15 is 0 Å². The third kappa shape index (κ3) is 5.26. The van der Waals surface area contributed by atoms with Crippen LogP contribution in [0, 0.1) is 5.82 Å². The third-order valence-electron chi connectivity index (χ3n) is 7.08. The number of hydrogen-bond donors (Lipinski definition) is 2. The Balaban J connectivity index is 1.35. The molecule has 1 saturated heterocycles. The minimum atomic E-state index is -4.62. The number of amidine groups is 1. The summed E-state index contributed by atoms with van der Waals surface area (Å²) >= 11 is 0. The summed E-state index contributed by atoms with van der Waals surface area (Å²) in [5.74, 6) is 0.238. The van der Waals surface area contributed by atoms with Gasteiger partial charge in [0.25, 0.3) is 0 Å². The van der Waals surface area contributed by atoms with Gasteiger partial charge in [-0.25, -0.2) is 9.37 Å². The highest BCUT2D eigenvalue weighted by Crippen LogP contribution is 2.38. The van der Waals surface area contributed by atoms with E-state index in [9.17, 15) is 17.6 Å². The second-order valence-corrected chi connectivity index (χ2v) is 9.99. The molecule has 2 N–H and O–H groups in total. The maximum absolute atomic E-state index is 14.2. The van der Waals surface area contributed by atoms with Gasteiger partial charge in [0.2, 0.25) is 5.89 Å². The van der Waals surface area contributed by atoms with Crippen LogP contribution in [0.25, 0.3) is 33.7 Å². The van der Waals surface area contributed by atoms with Gasteiger partial charge in [0.1, 0.15) is 23.6 Å². The third-order valence-corrected chi connectivity index (χ3v) is 7.08. The fourth-order valence-electron chi connectivity index (χ4n) is 5.13. The number of rotatable bonds is 7. The Labute approximate surface area is 227 Å². The molecule has 0 radical (unpaired) electrons. The zero-order chi connectivity index (χ0) is 27.9. The van der Waals surface area contributed by atoms with Crippen molar-refractivity contribution >= 4 is 16.9 Å². The highest BCUT2D eigenvalue weighted by Gasteiger charge is 2.35. The molecule has 3 heterocycles. The molecule has 2 aliphatic heterocycles. The van der Waals surface area contributed by atoms with E-state index in [4.69, 9.17) is 9.15 Å². The summed E-state index contributed by atoms with van der Waals surface area (Å²) in [6, 6.07) is 14.2. The first kappa shape index (κ1) is 26.3. The standard InChI is InChI=1S/C29H27F4N5O2/c1-38-16-35-37-27(38)23-13-20(30)7-8-22(23)18-4-2-5-19(12-18)28-36-25-11-17(14-34-15-21-6-3-9-39-21)10-24(26(25)40-28)29(31,32)33/h2,4-5,7-8,10-13,21,34-35H,3,6,9,14-16H2,1H3/t21-/m1/s1. The molecule has 1 atom stereocenters. The summed E-state index contributed by atoms with van der Waals surface area (Å²) < 4.78 is 67.6. The average Bonchev–Trinajstić information content (AvgIpc) is 3.69. The van der Waals surface area contributed by atoms with Crippen molar-refractivity contribution in [3.05, 3.63) is 77.1 Å². The van der Waals surface area contributed by atoms with Gasteiger partial charge in [0.05, 0.1) is 6.10 Å². The fraction of sp³-hybridized carbons (Fsp3) is 0.310. The molecule has 0 spiro atoms. The van der Waals surface area contributed by atoms with Gasteiger partial charge in [-0.1, -0.05) is 18.2 Å². The van der Waals surface area contributed by atoms with E-state index in [0.29, 0.717) is 53.5 Å². The van der Waals surface area contributed by atoms with E-state index < -0.39 is 17.6 Å². The molecule has 0 saturated carbocycles. The summed E-state index contributed by atoms with van der Waals surface area (Å²) in [6.45, 7) is 2.02. The number of hydrazone groups is 1. The van der Waals surface area contributed by atoms with Crippen molar-refractivity contribution in [1.82, 2.24) is 20.6 Å². The highest BCUT2D eigenvalue weighted by atomic mass is 19.4. The lowest BCUT2D eigenvalue weighted by molar-refractivity contribution is -0.136. The molecule has 40 heavy (non-hydrogen) atoms. The monoisotopic (exact) mass is 553 g/mol. The quantitative estimate of drug-likeness (QED) is 0.284. The van der Waals surface area contributed by atoms with Gasteiger partial charge < -0.3 is 19.4 Å². The smallest absolute Gasteiger partial charge is 0.420 e. The Morgan fingerprint density at radius 3 is 2.67 bits per heavy atom. The first-order valence-corrected chi connectivity index (χ1v) is 13.0. The van der Waals surface area contributed by atoms with Crippen molar-refractivity contribution in [1.29, 1.82) is 0 Å². The minimum Gasteiger partial charge on any atom is -0.435 e. The predicted octanol–water partition coefficient (Wildman–Crippen LogP) is 5.74. The molecular weight excluding hydrogens is 526 g/mol. The number of nitrogens with one attached hydrogen (secondary N) is 2. The van der Waals surface area contributed by atoms with Crippen molar-refractivity contribution in [2.24, 2.45) is 5.10 Å². The lowest BCUT2D eigenvalue weighted by atomic mass is 9.97. The van der Waals surface area contributed by atoms with Crippen LogP contribution in [0.5, 0.6) is 0 Å². The number of aromatic nitrogens is 1. The van der Waals surface area contributed by atoms with Crippen LogP contribution >= 0.6 is 0 Å². The van der Waals surface area contributed by atoms with Crippen LogP contribution in [-0.2, 0) is 17.5 Å². The van der Waals surface area contributed by atoms with E-state index in [0.717, 1.165) is 18.9 Å². The second-order valence-electron chi connectivity index (χ2n) is 9.99. The van der Waals surface area contributed by atoms with Gasteiger partial charge in [0, 0.05) is 37.9 Å². The van der Waals surface area contributed by atoms with Crippen LogP contribution in [0.1, 0.15) is 29.5 Å². The maximum Gasteiger partial charge on any atom is 0.420 e. The summed E-state index contributed by atoms with van der Waals surface area (Å²) in [6.07, 6.45) is -2.61. The molecule has 208 valence electrons. The van der Waals surface area contributed by atoms with E-state index in [-0.39, 0.29) is 29.6 Å². The lowest BCUT2D eigenvalue weighted by Crippen LogP contribution is -2.25. The molecule has 3 aromatic carbocycles. The Morgan fingerprint density at radius 2 is 1.93 bits per heavy atom. The number of oxazole rings is 1. The molecular formula is C29H27F4N5O2. The molecule has 4 aromatic rings. The lowest BCUT2D eigenvalue weighted by Gasteiger charge is -2.16. The Bertz CT molecular complexity index is 1580. The zero-order valence-corrected chi connectivity index (χ0v) is 21.7. The molecule has 0 amide bonds. The molecule has 11 heteroatoms. The van der Waals surface area contributed by atoms with Crippen molar-refractivity contribution in [3.63, 3.8) is 0 Å². The molecule has 0 bridgehead atoms. The molecule has 2 aliphatic rings. The minimum absolute atomic E-state index is 0.0625. The van der Waals surface area contributed by atoms with E-state index in [2.05, 4.69) is 20.8 Å². The predicted molar refractivity (Wildman–Crippen MR) is 143 cm³/mol. The van der Waals surface area contributed by atoms with Crippen LogP contribution < -0.4 is 10.7 Å². The fourth-order valence-corrected chi connectivity index (χ4v) is 5.13. The molecule has 0 unspecified atom stereocenters. The highest BCUT2D eigenvalue weighted by molar-refractivity contribution is 6.05. The van der Waals surface area contributed by atoms with E-state index in [1.165, 1.54) is 12.1 Å². The summed E-state index contributed by atoms with van der Waals surface area (Å²) in [5.41, 5.74) is 4.79. The van der Waals surface area contributed by atoms with Gasteiger partial charge in [-0.2, -0.15) is 18.3 Å². The molecule has 7 nitrogen and oxygen atoms in total. The van der Waals surface area contributed by atoms with Crippen molar-refractivity contribution in [2.75, 3.05) is 26.9 Å². The van der Waals surface area contributed by atoms with Gasteiger partial charge in [0.15, 0.2) is 11.4 Å². The van der Waals surface area contributed by atoms with E-state index in [1.807, 2.05) is 18.0 Å². The van der Waals surface area contributed by atoms with Crippen LogP contribution in [0.4, 0.5) is 17.6 Å². The Kier molecular flexibility index (Phi) is 6.93. The van der Waals surface area contributed by atoms with Gasteiger partial charge in [-0.3, -0.25) is 5.43 Å². The van der Waals surface area contributed by atoms with Crippen LogP contribution in [0.2, 0.25) is 0 Å². The summed E-state index contributed by atoms with van der Waals surface area (Å²) in [5, 5.41) is 7.48. The van der Waals surface area contributed by atoms with Crippen LogP contribution in [0.3, 0.4) is 0 Å². The SMILES string of the molecule is CN1CNN=C1c1cc(F)ccc1-c1cccc(-c2nc3cc(CNC[C@H]4CCCO4)cc(C(F)(F)F)c3o2)c1. The number of alkyl halides is 3. The van der Waals surface area contributed by atoms with Gasteiger partial charge in [-0.05, 0) is 65.9 Å². The number of fused-ring (bicyclic) bond motifs is 1. The zero-order valence-electron chi connectivity index (χ0n) is 21.7. The first-order chi connectivity index (χ1) is 19.3. The molecule has 0 aliphatic carbocycles. The van der Waals surface area contributed by atoms with Crippen molar-refractivity contribution < 1.29 is 26.7 Å². The van der Waals surface area contributed by atoms with E-state index in [1.54, 1.807) is 30.3 Å². The number of ether oxygens (including phenoxy) is 1. The normalized spacial score (nSPS) is 17.5. The molecule has 1 aromatic heterocycles. The number of hydrogen-bond acceptors (Lipinski definition) is 7. The number of benzene rings is 3. The Hall–Kier alpha value is -3.96. The van der Waals surface area contributed by atoms with Crippen LogP contribution in [0.15, 0.2) is 64.1 Å². The van der Waals surface area contributed by atoms with Crippen molar-refractivity contribution in [2.45, 2.75) is 31.7 Å². The van der Waals surface area contributed by atoms with Crippen LogP contribution in [-0.4, -0.2) is 48.7 Å². The molecule has 1 fully saturated rings. The largest absolute Gasteiger partial charge is 0.435 e. The summed E-state index contributed by atoms with van der Waals surface area (Å²) in [4.78, 5) is 6.30. The summed E-state index contributed by atoms with van der Waals surface area (Å²) in [7, 11) is 1.84.